The SMILES string of the molecule is CS(=O)(=O)c1ccccc1-c1ccc(O[C@@H]2CO[C@H]3[C@@H]2OC[C@@H]3Oc2cccc(C#N)c2)cc1. The van der Waals surface area contributed by atoms with Gasteiger partial charge in [-0.05, 0) is 42.0 Å². The predicted molar refractivity (Wildman–Crippen MR) is 124 cm³/mol. The Hall–Kier alpha value is -3.38. The lowest BCUT2D eigenvalue weighted by Crippen LogP contribution is -2.36. The Labute approximate surface area is 198 Å². The van der Waals surface area contributed by atoms with Crippen LogP contribution in [-0.2, 0) is 19.3 Å². The minimum Gasteiger partial charge on any atom is -0.485 e. The molecule has 8 heteroatoms. The molecule has 0 unspecified atom stereocenters. The molecule has 34 heavy (non-hydrogen) atoms. The highest BCUT2D eigenvalue weighted by Gasteiger charge is 2.50. The molecule has 2 aliphatic heterocycles. The van der Waals surface area contributed by atoms with Crippen LogP contribution in [0.3, 0.4) is 0 Å². The zero-order chi connectivity index (χ0) is 23.7. The van der Waals surface area contributed by atoms with Gasteiger partial charge in [0.1, 0.15) is 23.7 Å². The zero-order valence-electron chi connectivity index (χ0n) is 18.5. The standard InChI is InChI=1S/C26H23NO6S/c1-34(28,29)24-8-3-2-7-21(24)18-9-11-19(12-10-18)32-22-15-30-26-23(16-31-25(22)26)33-20-6-4-5-17(13-20)14-27/h2-13,22-23,25-26H,15-16H2,1H3/t22-,23+,25-,26-/m1/s1. The van der Waals surface area contributed by atoms with Crippen LogP contribution in [0, 0.1) is 11.3 Å². The van der Waals surface area contributed by atoms with E-state index in [0.717, 1.165) is 5.56 Å². The van der Waals surface area contributed by atoms with Gasteiger partial charge in [0.25, 0.3) is 0 Å². The van der Waals surface area contributed by atoms with Crippen LogP contribution in [-0.4, -0.2) is 52.3 Å². The minimum atomic E-state index is -3.34. The zero-order valence-corrected chi connectivity index (χ0v) is 19.3. The number of fused-ring (bicyclic) bond motifs is 1. The second-order valence-electron chi connectivity index (χ2n) is 8.34. The summed E-state index contributed by atoms with van der Waals surface area (Å²) in [6.45, 7) is 0.735. The topological polar surface area (TPSA) is 94.9 Å². The van der Waals surface area contributed by atoms with Crippen LogP contribution in [0.5, 0.6) is 11.5 Å². The summed E-state index contributed by atoms with van der Waals surface area (Å²) in [5.74, 6) is 1.25. The Morgan fingerprint density at radius 2 is 1.50 bits per heavy atom. The first-order chi connectivity index (χ1) is 16.4. The molecule has 0 amide bonds. The van der Waals surface area contributed by atoms with Gasteiger partial charge in [-0.25, -0.2) is 8.42 Å². The highest BCUT2D eigenvalue weighted by Crippen LogP contribution is 2.34. The van der Waals surface area contributed by atoms with Crippen molar-refractivity contribution in [2.75, 3.05) is 19.5 Å². The maximum Gasteiger partial charge on any atom is 0.176 e. The van der Waals surface area contributed by atoms with Crippen molar-refractivity contribution in [2.24, 2.45) is 0 Å². The average molecular weight is 478 g/mol. The van der Waals surface area contributed by atoms with Gasteiger partial charge in [0, 0.05) is 11.8 Å². The van der Waals surface area contributed by atoms with Crippen molar-refractivity contribution in [3.8, 4) is 28.7 Å². The van der Waals surface area contributed by atoms with E-state index in [0.29, 0.717) is 40.7 Å². The fourth-order valence-corrected chi connectivity index (χ4v) is 5.27. The summed E-state index contributed by atoms with van der Waals surface area (Å²) < 4.78 is 48.3. The van der Waals surface area contributed by atoms with Gasteiger partial charge in [0.15, 0.2) is 22.0 Å². The molecule has 3 aromatic rings. The number of nitriles is 1. The highest BCUT2D eigenvalue weighted by molar-refractivity contribution is 7.90. The smallest absolute Gasteiger partial charge is 0.176 e. The summed E-state index contributed by atoms with van der Waals surface area (Å²) in [6.07, 6.45) is 0.0885. The normalized spacial score (nSPS) is 23.8. The number of rotatable bonds is 6. The average Bonchev–Trinajstić information content (AvgIpc) is 3.42. The summed E-state index contributed by atoms with van der Waals surface area (Å²) in [5.41, 5.74) is 1.98. The molecule has 0 N–H and O–H groups in total. The minimum absolute atomic E-state index is 0.267. The third kappa shape index (κ3) is 4.50. The van der Waals surface area contributed by atoms with Crippen molar-refractivity contribution in [1.82, 2.24) is 0 Å². The van der Waals surface area contributed by atoms with Crippen LogP contribution in [0.2, 0.25) is 0 Å². The molecule has 0 spiro atoms. The van der Waals surface area contributed by atoms with Gasteiger partial charge in [-0.3, -0.25) is 0 Å². The molecule has 0 aromatic heterocycles. The molecule has 4 atom stereocenters. The lowest BCUT2D eigenvalue weighted by molar-refractivity contribution is 0.0181. The van der Waals surface area contributed by atoms with E-state index in [4.69, 9.17) is 24.2 Å². The molecule has 3 aromatic carbocycles. The molecule has 0 aliphatic carbocycles. The molecular formula is C26H23NO6S. The molecule has 2 saturated heterocycles. The Balaban J connectivity index is 1.26. The summed E-state index contributed by atoms with van der Waals surface area (Å²) in [6, 6.07) is 23.4. The third-order valence-electron chi connectivity index (χ3n) is 5.95. The molecule has 5 rings (SSSR count). The van der Waals surface area contributed by atoms with Gasteiger partial charge < -0.3 is 18.9 Å². The van der Waals surface area contributed by atoms with Gasteiger partial charge in [-0.15, -0.1) is 0 Å². The second-order valence-corrected chi connectivity index (χ2v) is 10.3. The molecule has 2 fully saturated rings. The Morgan fingerprint density at radius 1 is 0.853 bits per heavy atom. The van der Waals surface area contributed by atoms with Crippen molar-refractivity contribution in [2.45, 2.75) is 29.3 Å². The van der Waals surface area contributed by atoms with Crippen LogP contribution in [0.15, 0.2) is 77.7 Å². The van der Waals surface area contributed by atoms with Crippen LogP contribution in [0.1, 0.15) is 5.56 Å². The summed E-state index contributed by atoms with van der Waals surface area (Å²) in [7, 11) is -3.34. The maximum absolute atomic E-state index is 12.1. The monoisotopic (exact) mass is 477 g/mol. The number of nitrogens with zero attached hydrogens (tertiary/aromatic N) is 1. The van der Waals surface area contributed by atoms with Crippen molar-refractivity contribution in [3.63, 3.8) is 0 Å². The van der Waals surface area contributed by atoms with E-state index in [1.54, 1.807) is 42.5 Å². The van der Waals surface area contributed by atoms with Crippen LogP contribution in [0.4, 0.5) is 0 Å². The van der Waals surface area contributed by atoms with Crippen molar-refractivity contribution < 1.29 is 27.4 Å². The van der Waals surface area contributed by atoms with Crippen molar-refractivity contribution in [1.29, 1.82) is 5.26 Å². The van der Waals surface area contributed by atoms with E-state index in [1.807, 2.05) is 30.3 Å². The molecule has 0 saturated carbocycles. The van der Waals surface area contributed by atoms with E-state index in [1.165, 1.54) is 6.26 Å². The first kappa shape index (κ1) is 22.4. The molecule has 7 nitrogen and oxygen atoms in total. The van der Waals surface area contributed by atoms with E-state index >= 15 is 0 Å². The number of hydrogen-bond acceptors (Lipinski definition) is 7. The molecule has 0 bridgehead atoms. The quantitative estimate of drug-likeness (QED) is 0.535. The Morgan fingerprint density at radius 3 is 2.15 bits per heavy atom. The third-order valence-corrected chi connectivity index (χ3v) is 7.11. The number of benzene rings is 3. The Bertz CT molecular complexity index is 1330. The number of sulfone groups is 1. The number of hydrogen-bond donors (Lipinski definition) is 0. The fraction of sp³-hybridized carbons (Fsp3) is 0.269. The van der Waals surface area contributed by atoms with Crippen molar-refractivity contribution >= 4 is 9.84 Å². The molecular weight excluding hydrogens is 454 g/mol. The summed E-state index contributed by atoms with van der Waals surface area (Å²) in [5, 5.41) is 9.08. The van der Waals surface area contributed by atoms with E-state index in [9.17, 15) is 8.42 Å². The summed E-state index contributed by atoms with van der Waals surface area (Å²) in [4.78, 5) is 0.293. The van der Waals surface area contributed by atoms with E-state index in [2.05, 4.69) is 6.07 Å². The second kappa shape index (κ2) is 9.11. The molecule has 174 valence electrons. The lowest BCUT2D eigenvalue weighted by atomic mass is 10.1. The van der Waals surface area contributed by atoms with Gasteiger partial charge in [0.05, 0.1) is 29.7 Å². The first-order valence-corrected chi connectivity index (χ1v) is 12.8. The van der Waals surface area contributed by atoms with Gasteiger partial charge in [0.2, 0.25) is 0 Å². The van der Waals surface area contributed by atoms with Crippen LogP contribution < -0.4 is 9.47 Å². The van der Waals surface area contributed by atoms with E-state index < -0.39 is 9.84 Å². The molecule has 2 heterocycles. The molecule has 0 radical (unpaired) electrons. The molecule has 2 aliphatic rings. The van der Waals surface area contributed by atoms with Crippen molar-refractivity contribution in [3.05, 3.63) is 78.4 Å². The first-order valence-electron chi connectivity index (χ1n) is 10.9. The number of ether oxygens (including phenoxy) is 4. The van der Waals surface area contributed by atoms with E-state index in [-0.39, 0.29) is 24.4 Å². The largest absolute Gasteiger partial charge is 0.485 e. The summed E-state index contributed by atoms with van der Waals surface area (Å²) >= 11 is 0. The van der Waals surface area contributed by atoms with Crippen LogP contribution >= 0.6 is 0 Å². The highest BCUT2D eigenvalue weighted by atomic mass is 32.2. The fourth-order valence-electron chi connectivity index (χ4n) is 4.36. The van der Waals surface area contributed by atoms with Gasteiger partial charge in [-0.1, -0.05) is 36.4 Å². The van der Waals surface area contributed by atoms with Gasteiger partial charge in [-0.2, -0.15) is 5.26 Å². The predicted octanol–water partition coefficient (Wildman–Crippen LogP) is 3.62. The van der Waals surface area contributed by atoms with Gasteiger partial charge >= 0.3 is 0 Å². The lowest BCUT2D eigenvalue weighted by Gasteiger charge is -2.19. The van der Waals surface area contributed by atoms with Crippen LogP contribution in [0.25, 0.3) is 11.1 Å². The Kier molecular flexibility index (Phi) is 6.00. The maximum atomic E-state index is 12.1.